The van der Waals surface area contributed by atoms with Gasteiger partial charge in [0.05, 0.1) is 18.9 Å². The van der Waals surface area contributed by atoms with Crippen molar-refractivity contribution >= 4 is 6.20 Å². The van der Waals surface area contributed by atoms with Crippen LogP contribution in [-0.2, 0) is 6.54 Å². The lowest BCUT2D eigenvalue weighted by molar-refractivity contribution is 0.0942. The molecule has 0 spiro atoms. The standard InChI is InChI=1S/C9H15N3O2/c1-2-12-6-8(4-11-12)3-10-5-9(14)7-13/h2,4,6,9-10,13-14H,1,3,5,7H2. The van der Waals surface area contributed by atoms with Gasteiger partial charge in [-0.05, 0) is 0 Å². The summed E-state index contributed by atoms with van der Waals surface area (Å²) in [5, 5.41) is 24.6. The molecule has 78 valence electrons. The Morgan fingerprint density at radius 2 is 2.50 bits per heavy atom. The monoisotopic (exact) mass is 197 g/mol. The summed E-state index contributed by atoms with van der Waals surface area (Å²) >= 11 is 0. The molecule has 0 fully saturated rings. The second kappa shape index (κ2) is 5.54. The highest BCUT2D eigenvalue weighted by molar-refractivity contribution is 5.17. The number of aliphatic hydroxyl groups excluding tert-OH is 2. The van der Waals surface area contributed by atoms with Gasteiger partial charge in [-0.2, -0.15) is 5.10 Å². The highest BCUT2D eigenvalue weighted by Gasteiger charge is 2.01. The lowest BCUT2D eigenvalue weighted by atomic mass is 10.3. The molecule has 0 aliphatic carbocycles. The maximum absolute atomic E-state index is 9.04. The van der Waals surface area contributed by atoms with Crippen LogP contribution in [-0.4, -0.2) is 39.2 Å². The van der Waals surface area contributed by atoms with Crippen molar-refractivity contribution in [3.63, 3.8) is 0 Å². The van der Waals surface area contributed by atoms with Gasteiger partial charge in [-0.15, -0.1) is 0 Å². The molecule has 0 aliphatic rings. The Hall–Kier alpha value is -1.17. The highest BCUT2D eigenvalue weighted by Crippen LogP contribution is 1.96. The fraction of sp³-hybridized carbons (Fsp3) is 0.444. The van der Waals surface area contributed by atoms with Gasteiger partial charge < -0.3 is 15.5 Å². The molecule has 0 bridgehead atoms. The number of rotatable bonds is 6. The molecule has 0 aliphatic heterocycles. The largest absolute Gasteiger partial charge is 0.394 e. The fourth-order valence-corrected chi connectivity index (χ4v) is 1.02. The van der Waals surface area contributed by atoms with E-state index in [0.717, 1.165) is 5.56 Å². The molecule has 1 rings (SSSR count). The van der Waals surface area contributed by atoms with Crippen LogP contribution < -0.4 is 5.32 Å². The minimum absolute atomic E-state index is 0.223. The van der Waals surface area contributed by atoms with Crippen LogP contribution in [0, 0.1) is 0 Å². The van der Waals surface area contributed by atoms with Gasteiger partial charge in [0, 0.05) is 31.0 Å². The smallest absolute Gasteiger partial charge is 0.0895 e. The number of hydrogen-bond acceptors (Lipinski definition) is 4. The second-order valence-electron chi connectivity index (χ2n) is 2.98. The van der Waals surface area contributed by atoms with Crippen molar-refractivity contribution in [2.45, 2.75) is 12.6 Å². The molecule has 14 heavy (non-hydrogen) atoms. The number of nitrogens with one attached hydrogen (secondary N) is 1. The summed E-state index contributed by atoms with van der Waals surface area (Å²) in [6.07, 6.45) is 4.46. The van der Waals surface area contributed by atoms with E-state index in [2.05, 4.69) is 17.0 Å². The van der Waals surface area contributed by atoms with E-state index in [0.29, 0.717) is 13.1 Å². The van der Waals surface area contributed by atoms with E-state index in [4.69, 9.17) is 10.2 Å². The van der Waals surface area contributed by atoms with Crippen LogP contribution in [0.3, 0.4) is 0 Å². The highest BCUT2D eigenvalue weighted by atomic mass is 16.3. The third-order valence-electron chi connectivity index (χ3n) is 1.76. The second-order valence-corrected chi connectivity index (χ2v) is 2.98. The van der Waals surface area contributed by atoms with Crippen molar-refractivity contribution in [1.29, 1.82) is 0 Å². The van der Waals surface area contributed by atoms with Crippen molar-refractivity contribution in [2.24, 2.45) is 0 Å². The molecule has 0 amide bonds. The zero-order valence-corrected chi connectivity index (χ0v) is 7.93. The third kappa shape index (κ3) is 3.29. The van der Waals surface area contributed by atoms with E-state index in [1.165, 1.54) is 0 Å². The van der Waals surface area contributed by atoms with E-state index in [-0.39, 0.29) is 6.61 Å². The van der Waals surface area contributed by atoms with Gasteiger partial charge in [0.1, 0.15) is 0 Å². The minimum Gasteiger partial charge on any atom is -0.394 e. The first-order valence-electron chi connectivity index (χ1n) is 4.41. The maximum atomic E-state index is 9.04. The molecule has 3 N–H and O–H groups in total. The molecule has 0 aromatic carbocycles. The summed E-state index contributed by atoms with van der Waals surface area (Å²) in [5.41, 5.74) is 1.01. The summed E-state index contributed by atoms with van der Waals surface area (Å²) in [6.45, 7) is 4.34. The van der Waals surface area contributed by atoms with Gasteiger partial charge in [0.25, 0.3) is 0 Å². The van der Waals surface area contributed by atoms with Gasteiger partial charge in [-0.1, -0.05) is 6.58 Å². The van der Waals surface area contributed by atoms with Gasteiger partial charge in [-0.25, -0.2) is 4.68 Å². The topological polar surface area (TPSA) is 70.3 Å². The average Bonchev–Trinajstić information content (AvgIpc) is 2.65. The Morgan fingerprint density at radius 1 is 1.71 bits per heavy atom. The van der Waals surface area contributed by atoms with E-state index in [9.17, 15) is 0 Å². The Bertz CT molecular complexity index is 285. The number of hydrogen-bond donors (Lipinski definition) is 3. The Balaban J connectivity index is 2.27. The van der Waals surface area contributed by atoms with Crippen LogP contribution in [0.5, 0.6) is 0 Å². The number of aromatic nitrogens is 2. The fourth-order valence-electron chi connectivity index (χ4n) is 1.02. The Kier molecular flexibility index (Phi) is 4.31. The van der Waals surface area contributed by atoms with Crippen LogP contribution >= 0.6 is 0 Å². The van der Waals surface area contributed by atoms with E-state index in [1.807, 2.05) is 6.20 Å². The molecular formula is C9H15N3O2. The molecule has 1 aromatic rings. The summed E-state index contributed by atoms with van der Waals surface area (Å²) in [6, 6.07) is 0. The van der Waals surface area contributed by atoms with Crippen LogP contribution in [0.1, 0.15) is 5.56 Å². The molecule has 1 unspecified atom stereocenters. The quantitative estimate of drug-likeness (QED) is 0.571. The Morgan fingerprint density at radius 3 is 3.07 bits per heavy atom. The number of nitrogens with zero attached hydrogens (tertiary/aromatic N) is 2. The van der Waals surface area contributed by atoms with Crippen LogP contribution in [0.15, 0.2) is 19.0 Å². The zero-order valence-electron chi connectivity index (χ0n) is 7.93. The lowest BCUT2D eigenvalue weighted by Crippen LogP contribution is -2.28. The molecule has 1 heterocycles. The van der Waals surface area contributed by atoms with Crippen LogP contribution in [0.2, 0.25) is 0 Å². The molecular weight excluding hydrogens is 182 g/mol. The normalized spacial score (nSPS) is 12.7. The predicted octanol–water partition coefficient (Wildman–Crippen LogP) is -0.574. The molecule has 5 heteroatoms. The molecule has 5 nitrogen and oxygen atoms in total. The van der Waals surface area contributed by atoms with Crippen molar-refractivity contribution in [3.8, 4) is 0 Å². The SMILES string of the molecule is C=Cn1cc(CNCC(O)CO)cn1. The van der Waals surface area contributed by atoms with Crippen molar-refractivity contribution in [2.75, 3.05) is 13.2 Å². The summed E-state index contributed by atoms with van der Waals surface area (Å²) < 4.78 is 1.61. The first-order valence-corrected chi connectivity index (χ1v) is 4.41. The first kappa shape index (κ1) is 10.9. The van der Waals surface area contributed by atoms with Gasteiger partial charge in [0.2, 0.25) is 0 Å². The van der Waals surface area contributed by atoms with Crippen molar-refractivity contribution < 1.29 is 10.2 Å². The molecule has 0 radical (unpaired) electrons. The molecule has 1 atom stereocenters. The van der Waals surface area contributed by atoms with E-state index >= 15 is 0 Å². The Labute approximate surface area is 82.7 Å². The molecule has 1 aromatic heterocycles. The summed E-state index contributed by atoms with van der Waals surface area (Å²) in [4.78, 5) is 0. The zero-order chi connectivity index (χ0) is 10.4. The average molecular weight is 197 g/mol. The summed E-state index contributed by atoms with van der Waals surface area (Å²) in [7, 11) is 0. The molecule has 0 saturated heterocycles. The number of aliphatic hydroxyl groups is 2. The summed E-state index contributed by atoms with van der Waals surface area (Å²) in [5.74, 6) is 0. The van der Waals surface area contributed by atoms with E-state index in [1.54, 1.807) is 17.1 Å². The van der Waals surface area contributed by atoms with Gasteiger partial charge in [-0.3, -0.25) is 0 Å². The maximum Gasteiger partial charge on any atom is 0.0895 e. The van der Waals surface area contributed by atoms with Crippen LogP contribution in [0.25, 0.3) is 6.20 Å². The van der Waals surface area contributed by atoms with Gasteiger partial charge in [0.15, 0.2) is 0 Å². The predicted molar refractivity (Wildman–Crippen MR) is 53.4 cm³/mol. The van der Waals surface area contributed by atoms with Crippen molar-refractivity contribution in [1.82, 2.24) is 15.1 Å². The van der Waals surface area contributed by atoms with E-state index < -0.39 is 6.10 Å². The van der Waals surface area contributed by atoms with Crippen LogP contribution in [0.4, 0.5) is 0 Å². The lowest BCUT2D eigenvalue weighted by Gasteiger charge is -2.07. The molecule has 0 saturated carbocycles. The minimum atomic E-state index is -0.704. The third-order valence-corrected chi connectivity index (χ3v) is 1.76. The first-order chi connectivity index (χ1) is 6.76. The van der Waals surface area contributed by atoms with Crippen molar-refractivity contribution in [3.05, 3.63) is 24.5 Å². The van der Waals surface area contributed by atoms with Gasteiger partial charge >= 0.3 is 0 Å².